The number of ether oxygens (including phenoxy) is 1. The molecule has 0 aliphatic carbocycles. The minimum absolute atomic E-state index is 0.00739. The van der Waals surface area contributed by atoms with Gasteiger partial charge in [0.25, 0.3) is 0 Å². The van der Waals surface area contributed by atoms with Crippen molar-refractivity contribution in [1.29, 1.82) is 0 Å². The van der Waals surface area contributed by atoms with Crippen molar-refractivity contribution in [2.45, 2.75) is 13.7 Å². The van der Waals surface area contributed by atoms with E-state index in [0.29, 0.717) is 13.3 Å². The molecule has 2 aromatic heterocycles. The van der Waals surface area contributed by atoms with Crippen LogP contribution < -0.4 is 0 Å². The van der Waals surface area contributed by atoms with Crippen molar-refractivity contribution in [3.63, 3.8) is 0 Å². The van der Waals surface area contributed by atoms with Gasteiger partial charge < -0.3 is 9.84 Å². The Balaban J connectivity index is 2.36. The predicted octanol–water partition coefficient (Wildman–Crippen LogP) is 1.50. The van der Waals surface area contributed by atoms with Gasteiger partial charge in [0.05, 0.1) is 24.5 Å². The van der Waals surface area contributed by atoms with Crippen LogP contribution in [0.5, 0.6) is 0 Å². The lowest BCUT2D eigenvalue weighted by Gasteiger charge is -2.03. The van der Waals surface area contributed by atoms with E-state index in [1.165, 1.54) is 11.3 Å². The van der Waals surface area contributed by atoms with Crippen LogP contribution >= 0.6 is 23.6 Å². The maximum atomic E-state index is 8.62. The zero-order chi connectivity index (χ0) is 11.5. The average Bonchev–Trinajstić information content (AvgIpc) is 2.62. The summed E-state index contributed by atoms with van der Waals surface area (Å²) in [6.07, 6.45) is 1.65. The highest BCUT2D eigenvalue weighted by atomic mass is 32.1. The maximum Gasteiger partial charge on any atom is 0.165 e. The van der Waals surface area contributed by atoms with E-state index in [2.05, 4.69) is 9.97 Å². The smallest absolute Gasteiger partial charge is 0.165 e. The van der Waals surface area contributed by atoms with Crippen molar-refractivity contribution in [3.05, 3.63) is 15.2 Å². The van der Waals surface area contributed by atoms with Crippen LogP contribution in [0, 0.1) is 10.7 Å². The molecule has 2 heterocycles. The first-order valence-electron chi connectivity index (χ1n) is 4.73. The highest BCUT2D eigenvalue weighted by Crippen LogP contribution is 2.17. The Morgan fingerprint density at radius 1 is 1.62 bits per heavy atom. The molecule has 16 heavy (non-hydrogen) atoms. The fourth-order valence-electron chi connectivity index (χ4n) is 1.31. The summed E-state index contributed by atoms with van der Waals surface area (Å²) in [4.78, 5) is 8.59. The summed E-state index contributed by atoms with van der Waals surface area (Å²) in [6.45, 7) is 2.54. The second-order valence-electron chi connectivity index (χ2n) is 3.17. The van der Waals surface area contributed by atoms with Gasteiger partial charge in [-0.1, -0.05) is 12.2 Å². The molecule has 5 nitrogen and oxygen atoms in total. The number of nitrogens with zero attached hydrogens (tertiary/aromatic N) is 3. The van der Waals surface area contributed by atoms with E-state index in [4.69, 9.17) is 22.1 Å². The van der Waals surface area contributed by atoms with Crippen molar-refractivity contribution in [2.24, 2.45) is 0 Å². The van der Waals surface area contributed by atoms with Crippen LogP contribution in [0.4, 0.5) is 0 Å². The van der Waals surface area contributed by atoms with Gasteiger partial charge in [-0.05, 0) is 6.92 Å². The predicted molar refractivity (Wildman–Crippen MR) is 64.0 cm³/mol. The Kier molecular flexibility index (Phi) is 3.59. The fraction of sp³-hybridized carbons (Fsp3) is 0.444. The van der Waals surface area contributed by atoms with Gasteiger partial charge in [-0.25, -0.2) is 9.97 Å². The van der Waals surface area contributed by atoms with Crippen molar-refractivity contribution in [3.8, 4) is 0 Å². The van der Waals surface area contributed by atoms with Crippen LogP contribution in [0.2, 0.25) is 0 Å². The third-order valence-electron chi connectivity index (χ3n) is 1.97. The van der Waals surface area contributed by atoms with E-state index in [9.17, 15) is 0 Å². The average molecular weight is 257 g/mol. The molecule has 2 rings (SSSR count). The number of aryl methyl sites for hydroxylation is 1. The quantitative estimate of drug-likeness (QED) is 0.664. The summed E-state index contributed by atoms with van der Waals surface area (Å²) < 4.78 is 7.73. The number of fused-ring (bicyclic) bond motifs is 1. The summed E-state index contributed by atoms with van der Waals surface area (Å²) in [6, 6.07) is 0. The van der Waals surface area contributed by atoms with Gasteiger partial charge in [0.15, 0.2) is 5.65 Å². The summed E-state index contributed by atoms with van der Waals surface area (Å²) in [7, 11) is 0. The summed E-state index contributed by atoms with van der Waals surface area (Å²) in [5, 5.41) is 9.52. The van der Waals surface area contributed by atoms with Crippen LogP contribution in [0.1, 0.15) is 5.01 Å². The minimum atomic E-state index is 0.00739. The van der Waals surface area contributed by atoms with Crippen LogP contribution in [-0.2, 0) is 11.5 Å². The lowest BCUT2D eigenvalue weighted by atomic mass is 10.6. The molecule has 0 fully saturated rings. The molecule has 2 aromatic rings. The highest BCUT2D eigenvalue weighted by molar-refractivity contribution is 7.73. The number of imidazole rings is 1. The van der Waals surface area contributed by atoms with Gasteiger partial charge in [-0.15, -0.1) is 11.3 Å². The molecule has 7 heteroatoms. The highest BCUT2D eigenvalue weighted by Gasteiger charge is 2.06. The Morgan fingerprint density at radius 2 is 2.44 bits per heavy atom. The number of rotatable bonds is 4. The Bertz CT molecular complexity index is 549. The molecule has 0 amide bonds. The van der Waals surface area contributed by atoms with Crippen molar-refractivity contribution in [2.75, 3.05) is 13.2 Å². The van der Waals surface area contributed by atoms with Gasteiger partial charge in [0.1, 0.15) is 16.1 Å². The molecule has 0 saturated carbocycles. The van der Waals surface area contributed by atoms with Crippen LogP contribution in [-0.4, -0.2) is 32.9 Å². The lowest BCUT2D eigenvalue weighted by Crippen LogP contribution is -2.05. The SMILES string of the molecule is Cc1nc2c(ncn2COCCO)c(=S)s1. The molecule has 0 aromatic carbocycles. The molecule has 0 saturated heterocycles. The van der Waals surface area contributed by atoms with Crippen molar-refractivity contribution >= 4 is 34.7 Å². The molecular formula is C9H11N3O2S2. The van der Waals surface area contributed by atoms with Crippen molar-refractivity contribution in [1.82, 2.24) is 14.5 Å². The molecule has 1 N–H and O–H groups in total. The lowest BCUT2D eigenvalue weighted by molar-refractivity contribution is 0.0499. The van der Waals surface area contributed by atoms with E-state index in [-0.39, 0.29) is 6.61 Å². The van der Waals surface area contributed by atoms with Gasteiger partial charge in [-0.2, -0.15) is 0 Å². The van der Waals surface area contributed by atoms with Crippen molar-refractivity contribution < 1.29 is 9.84 Å². The maximum absolute atomic E-state index is 8.62. The number of hydrogen-bond acceptors (Lipinski definition) is 6. The van der Waals surface area contributed by atoms with E-state index < -0.39 is 0 Å². The van der Waals surface area contributed by atoms with E-state index in [1.54, 1.807) is 10.9 Å². The van der Waals surface area contributed by atoms with E-state index in [1.807, 2.05) is 6.92 Å². The zero-order valence-corrected chi connectivity index (χ0v) is 10.3. The van der Waals surface area contributed by atoms with Crippen LogP contribution in [0.3, 0.4) is 0 Å². The normalized spacial score (nSPS) is 11.1. The second kappa shape index (κ2) is 4.96. The third-order valence-corrected chi connectivity index (χ3v) is 3.18. The zero-order valence-electron chi connectivity index (χ0n) is 8.71. The second-order valence-corrected chi connectivity index (χ2v) is 5.04. The Labute approximate surface area is 101 Å². The molecule has 0 atom stereocenters. The Morgan fingerprint density at radius 3 is 3.19 bits per heavy atom. The first-order chi connectivity index (χ1) is 7.72. The number of aliphatic hydroxyl groups is 1. The van der Waals surface area contributed by atoms with Gasteiger partial charge in [-0.3, -0.25) is 4.57 Å². The Hall–Kier alpha value is -0.890. The number of hydrogen-bond donors (Lipinski definition) is 1. The van der Waals surface area contributed by atoms with E-state index >= 15 is 0 Å². The monoisotopic (exact) mass is 257 g/mol. The number of aromatic nitrogens is 3. The standard InChI is InChI=1S/C9H11N3O2S2/c1-6-11-8-7(9(15)16-6)10-4-12(8)5-14-3-2-13/h4,13H,2-3,5H2,1H3. The summed E-state index contributed by atoms with van der Waals surface area (Å²) in [5.41, 5.74) is 1.47. The molecule has 0 spiro atoms. The first-order valence-corrected chi connectivity index (χ1v) is 5.96. The van der Waals surface area contributed by atoms with Gasteiger partial charge in [0, 0.05) is 0 Å². The third kappa shape index (κ3) is 2.27. The molecule has 0 bridgehead atoms. The topological polar surface area (TPSA) is 60.2 Å². The summed E-state index contributed by atoms with van der Waals surface area (Å²) >= 11 is 6.66. The molecular weight excluding hydrogens is 246 g/mol. The minimum Gasteiger partial charge on any atom is -0.394 e. The van der Waals surface area contributed by atoms with E-state index in [0.717, 1.165) is 20.0 Å². The van der Waals surface area contributed by atoms with Gasteiger partial charge in [0.2, 0.25) is 0 Å². The molecule has 86 valence electrons. The number of aliphatic hydroxyl groups excluding tert-OH is 1. The molecule has 0 aliphatic heterocycles. The largest absolute Gasteiger partial charge is 0.394 e. The molecule has 0 aliphatic rings. The fourth-order valence-corrected chi connectivity index (χ4v) is 2.46. The molecule has 0 radical (unpaired) electrons. The van der Waals surface area contributed by atoms with Crippen LogP contribution in [0.25, 0.3) is 11.2 Å². The van der Waals surface area contributed by atoms with Crippen LogP contribution in [0.15, 0.2) is 6.33 Å². The summed E-state index contributed by atoms with van der Waals surface area (Å²) in [5.74, 6) is 0. The molecule has 0 unspecified atom stereocenters. The van der Waals surface area contributed by atoms with Gasteiger partial charge >= 0.3 is 0 Å². The first kappa shape index (κ1) is 11.6.